The van der Waals surface area contributed by atoms with Gasteiger partial charge in [-0.15, -0.1) is 0 Å². The van der Waals surface area contributed by atoms with Gasteiger partial charge < -0.3 is 15.8 Å². The highest BCUT2D eigenvalue weighted by Crippen LogP contribution is 2.44. The summed E-state index contributed by atoms with van der Waals surface area (Å²) in [5.41, 5.74) is 6.87. The van der Waals surface area contributed by atoms with E-state index in [9.17, 15) is 4.39 Å². The third kappa shape index (κ3) is 2.15. The van der Waals surface area contributed by atoms with Crippen molar-refractivity contribution in [2.24, 2.45) is 5.41 Å². The van der Waals surface area contributed by atoms with Crippen LogP contribution in [0.3, 0.4) is 0 Å². The number of benzene rings is 1. The van der Waals surface area contributed by atoms with Crippen molar-refractivity contribution in [2.75, 3.05) is 18.2 Å². The number of ether oxygens (including phenoxy) is 1. The van der Waals surface area contributed by atoms with E-state index in [1.165, 1.54) is 12.1 Å². The predicted octanol–water partition coefficient (Wildman–Crippen LogP) is 3.29. The molecule has 0 spiro atoms. The molecule has 3 nitrogen and oxygen atoms in total. The molecule has 1 fully saturated rings. The summed E-state index contributed by atoms with van der Waals surface area (Å²) in [6.07, 6.45) is 1.10. The number of anilines is 2. The van der Waals surface area contributed by atoms with Crippen LogP contribution in [0.2, 0.25) is 5.02 Å². The molecule has 0 amide bonds. The largest absolute Gasteiger partial charge is 0.397 e. The van der Waals surface area contributed by atoms with Gasteiger partial charge in [0, 0.05) is 24.6 Å². The molecule has 0 heterocycles. The van der Waals surface area contributed by atoms with Crippen molar-refractivity contribution in [1.29, 1.82) is 0 Å². The standard InChI is InChI=1S/C13H18ClFN2O/c1-13(2)11(6-12(13)18-3)17-10-5-8(15)7(14)4-9(10)16/h4-5,11-12,17H,6,16H2,1-3H3. The fourth-order valence-corrected chi connectivity index (χ4v) is 2.58. The van der Waals surface area contributed by atoms with E-state index in [0.29, 0.717) is 11.4 Å². The van der Waals surface area contributed by atoms with Crippen LogP contribution in [-0.2, 0) is 4.74 Å². The molecule has 1 aromatic rings. The van der Waals surface area contributed by atoms with Gasteiger partial charge >= 0.3 is 0 Å². The molecular weight excluding hydrogens is 255 g/mol. The quantitative estimate of drug-likeness (QED) is 0.830. The van der Waals surface area contributed by atoms with Gasteiger partial charge in [0.25, 0.3) is 0 Å². The highest BCUT2D eigenvalue weighted by atomic mass is 35.5. The lowest BCUT2D eigenvalue weighted by atomic mass is 9.64. The number of nitrogens with one attached hydrogen (secondary N) is 1. The number of methoxy groups -OCH3 is 1. The Balaban J connectivity index is 2.14. The molecule has 18 heavy (non-hydrogen) atoms. The topological polar surface area (TPSA) is 47.3 Å². The zero-order valence-corrected chi connectivity index (χ0v) is 11.5. The molecule has 0 radical (unpaired) electrons. The molecule has 2 unspecified atom stereocenters. The van der Waals surface area contributed by atoms with Crippen LogP contribution in [0.5, 0.6) is 0 Å². The molecule has 2 atom stereocenters. The zero-order chi connectivity index (χ0) is 13.5. The highest BCUT2D eigenvalue weighted by Gasteiger charge is 2.48. The molecule has 0 saturated heterocycles. The lowest BCUT2D eigenvalue weighted by molar-refractivity contribution is -0.0794. The van der Waals surface area contributed by atoms with E-state index >= 15 is 0 Å². The lowest BCUT2D eigenvalue weighted by Crippen LogP contribution is -2.57. The van der Waals surface area contributed by atoms with Crippen molar-refractivity contribution in [3.8, 4) is 0 Å². The fourth-order valence-electron chi connectivity index (χ4n) is 2.41. The van der Waals surface area contributed by atoms with Gasteiger partial charge in [0.15, 0.2) is 0 Å². The second-order valence-corrected chi connectivity index (χ2v) is 5.74. The Labute approximate surface area is 111 Å². The van der Waals surface area contributed by atoms with E-state index in [2.05, 4.69) is 19.2 Å². The van der Waals surface area contributed by atoms with Crippen LogP contribution in [0.15, 0.2) is 12.1 Å². The maximum atomic E-state index is 13.4. The fraction of sp³-hybridized carbons (Fsp3) is 0.538. The first-order valence-electron chi connectivity index (χ1n) is 5.90. The number of nitrogen functional groups attached to an aromatic ring is 1. The van der Waals surface area contributed by atoms with E-state index in [1.54, 1.807) is 7.11 Å². The number of hydrogen-bond acceptors (Lipinski definition) is 3. The minimum Gasteiger partial charge on any atom is -0.397 e. The Hall–Kier alpha value is -1.00. The van der Waals surface area contributed by atoms with Crippen molar-refractivity contribution >= 4 is 23.0 Å². The maximum absolute atomic E-state index is 13.4. The molecule has 0 bridgehead atoms. The Morgan fingerprint density at radius 2 is 2.17 bits per heavy atom. The van der Waals surface area contributed by atoms with E-state index < -0.39 is 5.82 Å². The van der Waals surface area contributed by atoms with Crippen molar-refractivity contribution in [3.63, 3.8) is 0 Å². The Kier molecular flexibility index (Phi) is 3.43. The lowest BCUT2D eigenvalue weighted by Gasteiger charge is -2.51. The van der Waals surface area contributed by atoms with Gasteiger partial charge in [0.2, 0.25) is 0 Å². The third-order valence-electron chi connectivity index (χ3n) is 3.88. The molecule has 100 valence electrons. The minimum atomic E-state index is -0.464. The Bertz CT molecular complexity index is 465. The van der Waals surface area contributed by atoms with Crippen LogP contribution in [0, 0.1) is 11.2 Å². The van der Waals surface area contributed by atoms with Crippen molar-refractivity contribution < 1.29 is 9.13 Å². The molecule has 0 aromatic heterocycles. The second-order valence-electron chi connectivity index (χ2n) is 5.33. The molecule has 1 saturated carbocycles. The summed E-state index contributed by atoms with van der Waals surface area (Å²) < 4.78 is 18.8. The summed E-state index contributed by atoms with van der Waals surface area (Å²) in [4.78, 5) is 0. The molecule has 1 aliphatic rings. The first kappa shape index (κ1) is 13.4. The van der Waals surface area contributed by atoms with Crippen molar-refractivity contribution in [2.45, 2.75) is 32.4 Å². The molecular formula is C13H18ClFN2O. The second kappa shape index (κ2) is 4.59. The predicted molar refractivity (Wildman–Crippen MR) is 72.4 cm³/mol. The first-order chi connectivity index (χ1) is 8.36. The summed E-state index contributed by atoms with van der Waals surface area (Å²) in [6.45, 7) is 4.23. The van der Waals surface area contributed by atoms with Gasteiger partial charge in [0.05, 0.1) is 22.5 Å². The van der Waals surface area contributed by atoms with Gasteiger partial charge in [-0.3, -0.25) is 0 Å². The van der Waals surface area contributed by atoms with Crippen molar-refractivity contribution in [3.05, 3.63) is 23.0 Å². The van der Waals surface area contributed by atoms with E-state index in [0.717, 1.165) is 6.42 Å². The van der Waals surface area contributed by atoms with Crippen LogP contribution >= 0.6 is 11.6 Å². The monoisotopic (exact) mass is 272 g/mol. The average molecular weight is 273 g/mol. The zero-order valence-electron chi connectivity index (χ0n) is 10.8. The van der Waals surface area contributed by atoms with Crippen LogP contribution in [-0.4, -0.2) is 19.3 Å². The van der Waals surface area contributed by atoms with Gasteiger partial charge in [0.1, 0.15) is 5.82 Å². The normalized spacial score (nSPS) is 25.6. The van der Waals surface area contributed by atoms with Crippen LogP contribution in [0.1, 0.15) is 20.3 Å². The summed E-state index contributed by atoms with van der Waals surface area (Å²) >= 11 is 5.67. The third-order valence-corrected chi connectivity index (χ3v) is 4.17. The number of nitrogens with two attached hydrogens (primary N) is 1. The first-order valence-corrected chi connectivity index (χ1v) is 6.28. The van der Waals surface area contributed by atoms with Gasteiger partial charge in [-0.2, -0.15) is 0 Å². The van der Waals surface area contributed by atoms with Gasteiger partial charge in [-0.1, -0.05) is 25.4 Å². The number of rotatable bonds is 3. The minimum absolute atomic E-state index is 0.00268. The van der Waals surface area contributed by atoms with E-state index in [4.69, 9.17) is 22.1 Å². The van der Waals surface area contributed by atoms with Crippen LogP contribution < -0.4 is 11.1 Å². The van der Waals surface area contributed by atoms with Gasteiger partial charge in [-0.25, -0.2) is 4.39 Å². The maximum Gasteiger partial charge on any atom is 0.143 e. The number of hydrogen-bond donors (Lipinski definition) is 2. The molecule has 5 heteroatoms. The molecule has 1 aromatic carbocycles. The van der Waals surface area contributed by atoms with Gasteiger partial charge in [-0.05, 0) is 12.5 Å². The van der Waals surface area contributed by atoms with E-state index in [1.807, 2.05) is 0 Å². The van der Waals surface area contributed by atoms with Crippen molar-refractivity contribution in [1.82, 2.24) is 0 Å². The van der Waals surface area contributed by atoms with E-state index in [-0.39, 0.29) is 22.6 Å². The molecule has 3 N–H and O–H groups in total. The highest BCUT2D eigenvalue weighted by molar-refractivity contribution is 6.31. The Morgan fingerprint density at radius 3 is 2.72 bits per heavy atom. The number of halogens is 2. The summed E-state index contributed by atoms with van der Waals surface area (Å²) in [5, 5.41) is 3.31. The Morgan fingerprint density at radius 1 is 1.50 bits per heavy atom. The summed E-state index contributed by atoms with van der Waals surface area (Å²) in [6, 6.07) is 2.98. The SMILES string of the molecule is COC1CC(Nc2cc(F)c(Cl)cc2N)C1(C)C. The molecule has 1 aliphatic carbocycles. The summed E-state index contributed by atoms with van der Waals surface area (Å²) in [7, 11) is 1.71. The van der Waals surface area contributed by atoms with Crippen LogP contribution in [0.4, 0.5) is 15.8 Å². The smallest absolute Gasteiger partial charge is 0.143 e. The average Bonchev–Trinajstić information content (AvgIpc) is 2.30. The molecule has 2 rings (SSSR count). The van der Waals surface area contributed by atoms with Crippen LogP contribution in [0.25, 0.3) is 0 Å². The summed E-state index contributed by atoms with van der Waals surface area (Å²) in [5.74, 6) is -0.464. The molecule has 0 aliphatic heterocycles.